The molecule has 0 aromatic heterocycles. The van der Waals surface area contributed by atoms with Gasteiger partial charge in [0.05, 0.1) is 22.7 Å². The predicted octanol–water partition coefficient (Wildman–Crippen LogP) is 4.77. The molecule has 1 unspecified atom stereocenters. The summed E-state index contributed by atoms with van der Waals surface area (Å²) in [5, 5.41) is 4.08. The number of methoxy groups -OCH3 is 1. The van der Waals surface area contributed by atoms with Crippen molar-refractivity contribution in [1.29, 1.82) is 0 Å². The number of ether oxygens (including phenoxy) is 1. The van der Waals surface area contributed by atoms with Gasteiger partial charge in [-0.25, -0.2) is 4.79 Å². The van der Waals surface area contributed by atoms with E-state index in [4.69, 9.17) is 27.9 Å². The van der Waals surface area contributed by atoms with Gasteiger partial charge in [-0.2, -0.15) is 0 Å². The third-order valence-electron chi connectivity index (χ3n) is 4.92. The minimum Gasteiger partial charge on any atom is -0.466 e. The van der Waals surface area contributed by atoms with Crippen LogP contribution in [0.2, 0.25) is 10.0 Å². The molecule has 4 nitrogen and oxygen atoms in total. The number of halogens is 2. The van der Waals surface area contributed by atoms with Gasteiger partial charge in [0.15, 0.2) is 5.78 Å². The predicted molar refractivity (Wildman–Crippen MR) is 102 cm³/mol. The summed E-state index contributed by atoms with van der Waals surface area (Å²) in [5.74, 6) is -0.943. The summed E-state index contributed by atoms with van der Waals surface area (Å²) in [4.78, 5) is 25.5. The van der Waals surface area contributed by atoms with Gasteiger partial charge < -0.3 is 10.1 Å². The number of nitrogens with one attached hydrogen (secondary N) is 1. The molecule has 0 spiro atoms. The monoisotopic (exact) mass is 393 g/mol. The fourth-order valence-corrected chi connectivity index (χ4v) is 4.15. The van der Waals surface area contributed by atoms with Crippen molar-refractivity contribution in [3.05, 3.63) is 56.3 Å². The van der Waals surface area contributed by atoms with E-state index in [1.54, 1.807) is 18.2 Å². The van der Waals surface area contributed by atoms with Gasteiger partial charge in [0.2, 0.25) is 0 Å². The van der Waals surface area contributed by atoms with Gasteiger partial charge >= 0.3 is 5.97 Å². The molecule has 138 valence electrons. The van der Waals surface area contributed by atoms with Gasteiger partial charge in [-0.15, -0.1) is 0 Å². The van der Waals surface area contributed by atoms with E-state index < -0.39 is 11.9 Å². The van der Waals surface area contributed by atoms with Crippen LogP contribution in [-0.2, 0) is 14.3 Å². The lowest BCUT2D eigenvalue weighted by atomic mass is 9.68. The smallest absolute Gasteiger partial charge is 0.336 e. The Labute approximate surface area is 163 Å². The Morgan fingerprint density at radius 3 is 2.54 bits per heavy atom. The van der Waals surface area contributed by atoms with Crippen molar-refractivity contribution >= 4 is 35.0 Å². The standard InChI is InChI=1S/C20H21Cl2NO3/c1-10-16(19(25)26-4)17(11-5-6-12(21)13(22)7-11)18-14(23-10)8-20(2,3)9-15(18)24/h5-7,17,23H,8-9H2,1-4H3. The number of allylic oxidation sites excluding steroid dienone is 3. The number of carbonyl (C=O) groups excluding carboxylic acids is 2. The van der Waals surface area contributed by atoms with E-state index in [1.165, 1.54) is 7.11 Å². The first-order chi connectivity index (χ1) is 12.1. The molecule has 0 radical (unpaired) electrons. The fourth-order valence-electron chi connectivity index (χ4n) is 3.84. The number of esters is 1. The second-order valence-corrected chi connectivity index (χ2v) is 8.41. The molecular formula is C20H21Cl2NO3. The Hall–Kier alpha value is -1.78. The van der Waals surface area contributed by atoms with Gasteiger partial charge in [-0.05, 0) is 36.5 Å². The van der Waals surface area contributed by atoms with Crippen LogP contribution in [0.25, 0.3) is 0 Å². The molecule has 3 rings (SSSR count). The van der Waals surface area contributed by atoms with Gasteiger partial charge in [0, 0.05) is 29.3 Å². The van der Waals surface area contributed by atoms with Crippen LogP contribution in [0.3, 0.4) is 0 Å². The van der Waals surface area contributed by atoms with E-state index in [2.05, 4.69) is 19.2 Å². The Morgan fingerprint density at radius 1 is 1.23 bits per heavy atom. The molecule has 1 aliphatic carbocycles. The summed E-state index contributed by atoms with van der Waals surface area (Å²) in [6, 6.07) is 5.20. The number of ketones is 1. The van der Waals surface area contributed by atoms with E-state index >= 15 is 0 Å². The van der Waals surface area contributed by atoms with E-state index in [0.717, 1.165) is 17.7 Å². The zero-order valence-electron chi connectivity index (χ0n) is 15.2. The number of hydrogen-bond donors (Lipinski definition) is 1. The van der Waals surface area contributed by atoms with E-state index in [1.807, 2.05) is 6.92 Å². The van der Waals surface area contributed by atoms with Gasteiger partial charge in [-0.1, -0.05) is 43.1 Å². The average molecular weight is 394 g/mol. The van der Waals surface area contributed by atoms with Crippen molar-refractivity contribution < 1.29 is 14.3 Å². The lowest BCUT2D eigenvalue weighted by Crippen LogP contribution is -2.38. The molecule has 1 N–H and O–H groups in total. The van der Waals surface area contributed by atoms with Crippen LogP contribution in [-0.4, -0.2) is 18.9 Å². The Bertz CT molecular complexity index is 868. The number of dihydropyridines is 1. The van der Waals surface area contributed by atoms with Crippen LogP contribution in [0.1, 0.15) is 45.1 Å². The molecule has 1 aliphatic heterocycles. The molecule has 1 aromatic rings. The zero-order chi connectivity index (χ0) is 19.2. The molecular weight excluding hydrogens is 373 g/mol. The largest absolute Gasteiger partial charge is 0.466 e. The molecule has 1 atom stereocenters. The normalized spacial score (nSPS) is 22.1. The van der Waals surface area contributed by atoms with Gasteiger partial charge in [-0.3, -0.25) is 4.79 Å². The summed E-state index contributed by atoms with van der Waals surface area (Å²) in [6.45, 7) is 5.96. The van der Waals surface area contributed by atoms with E-state index in [-0.39, 0.29) is 11.2 Å². The minimum absolute atomic E-state index is 0.0359. The molecule has 0 saturated heterocycles. The second kappa shape index (κ2) is 6.75. The Morgan fingerprint density at radius 2 is 1.92 bits per heavy atom. The van der Waals surface area contributed by atoms with Gasteiger partial charge in [0.1, 0.15) is 0 Å². The van der Waals surface area contributed by atoms with Crippen molar-refractivity contribution in [2.45, 2.75) is 39.5 Å². The van der Waals surface area contributed by atoms with Crippen LogP contribution < -0.4 is 5.32 Å². The highest BCUT2D eigenvalue weighted by atomic mass is 35.5. The summed E-state index contributed by atoms with van der Waals surface area (Å²) < 4.78 is 4.99. The Kier molecular flexibility index (Phi) is 4.93. The quantitative estimate of drug-likeness (QED) is 0.735. The fraction of sp³-hybridized carbons (Fsp3) is 0.400. The summed E-state index contributed by atoms with van der Waals surface area (Å²) in [6.07, 6.45) is 1.16. The number of hydrogen-bond acceptors (Lipinski definition) is 4. The van der Waals surface area contributed by atoms with Crippen LogP contribution in [0.5, 0.6) is 0 Å². The zero-order valence-corrected chi connectivity index (χ0v) is 16.7. The van der Waals surface area contributed by atoms with Crippen molar-refractivity contribution in [2.75, 3.05) is 7.11 Å². The first-order valence-corrected chi connectivity index (χ1v) is 9.17. The van der Waals surface area contributed by atoms with Crippen molar-refractivity contribution in [3.63, 3.8) is 0 Å². The van der Waals surface area contributed by atoms with Crippen molar-refractivity contribution in [1.82, 2.24) is 5.32 Å². The summed E-state index contributed by atoms with van der Waals surface area (Å²) >= 11 is 12.3. The molecule has 0 amide bonds. The molecule has 26 heavy (non-hydrogen) atoms. The lowest BCUT2D eigenvalue weighted by molar-refractivity contribution is -0.136. The third kappa shape index (κ3) is 3.28. The second-order valence-electron chi connectivity index (χ2n) is 7.59. The highest BCUT2D eigenvalue weighted by Crippen LogP contribution is 2.47. The SMILES string of the molecule is COC(=O)C1=C(C)NC2=C(C(=O)CC(C)(C)C2)C1c1ccc(Cl)c(Cl)c1. The molecule has 0 fully saturated rings. The topological polar surface area (TPSA) is 55.4 Å². The Balaban J connectivity index is 2.22. The molecule has 1 aromatic carbocycles. The average Bonchev–Trinajstić information content (AvgIpc) is 2.54. The maximum absolute atomic E-state index is 13.0. The number of Topliss-reactive ketones (excluding diaryl/α,β-unsaturated/α-hetero) is 1. The molecule has 2 aliphatic rings. The van der Waals surface area contributed by atoms with E-state index in [0.29, 0.717) is 33.3 Å². The highest BCUT2D eigenvalue weighted by Gasteiger charge is 2.43. The molecule has 0 bridgehead atoms. The molecule has 1 heterocycles. The summed E-state index contributed by atoms with van der Waals surface area (Å²) in [7, 11) is 1.34. The molecule has 6 heteroatoms. The molecule has 0 saturated carbocycles. The number of carbonyl (C=O) groups is 2. The maximum Gasteiger partial charge on any atom is 0.336 e. The summed E-state index contributed by atoms with van der Waals surface area (Å²) in [5.41, 5.74) is 3.23. The van der Waals surface area contributed by atoms with Crippen LogP contribution in [0, 0.1) is 5.41 Å². The maximum atomic E-state index is 13.0. The third-order valence-corrected chi connectivity index (χ3v) is 5.66. The van der Waals surface area contributed by atoms with Crippen LogP contribution in [0.4, 0.5) is 0 Å². The number of benzene rings is 1. The van der Waals surface area contributed by atoms with Crippen molar-refractivity contribution in [3.8, 4) is 0 Å². The van der Waals surface area contributed by atoms with Crippen molar-refractivity contribution in [2.24, 2.45) is 5.41 Å². The van der Waals surface area contributed by atoms with Gasteiger partial charge in [0.25, 0.3) is 0 Å². The number of rotatable bonds is 2. The highest BCUT2D eigenvalue weighted by molar-refractivity contribution is 6.42. The van der Waals surface area contributed by atoms with Crippen LogP contribution >= 0.6 is 23.2 Å². The van der Waals surface area contributed by atoms with Crippen LogP contribution in [0.15, 0.2) is 40.7 Å². The lowest BCUT2D eigenvalue weighted by Gasteiger charge is -2.39. The first-order valence-electron chi connectivity index (χ1n) is 8.42. The van der Waals surface area contributed by atoms with E-state index in [9.17, 15) is 9.59 Å². The first kappa shape index (κ1) is 19.0. The minimum atomic E-state index is -0.517.